The van der Waals surface area contributed by atoms with Crippen LogP contribution in [0.4, 0.5) is 5.69 Å². The lowest BCUT2D eigenvalue weighted by molar-refractivity contribution is -0.122. The summed E-state index contributed by atoms with van der Waals surface area (Å²) in [7, 11) is 0. The molecule has 0 heterocycles. The highest BCUT2D eigenvalue weighted by atomic mass is 16.5. The van der Waals surface area contributed by atoms with Crippen molar-refractivity contribution >= 4 is 17.5 Å². The monoisotopic (exact) mass is 354 g/mol. The molecule has 5 nitrogen and oxygen atoms in total. The van der Waals surface area contributed by atoms with Gasteiger partial charge in [-0.15, -0.1) is 0 Å². The Kier molecular flexibility index (Phi) is 6.03. The zero-order valence-corrected chi connectivity index (χ0v) is 15.7. The third kappa shape index (κ3) is 4.85. The molecule has 0 saturated heterocycles. The van der Waals surface area contributed by atoms with Crippen molar-refractivity contribution in [1.29, 1.82) is 0 Å². The van der Waals surface area contributed by atoms with Crippen molar-refractivity contribution in [3.8, 4) is 5.75 Å². The average Bonchev–Trinajstić information content (AvgIpc) is 2.59. The predicted octanol–water partition coefficient (Wildman–Crippen LogP) is 3.88. The van der Waals surface area contributed by atoms with E-state index in [0.29, 0.717) is 17.9 Å². The second-order valence-corrected chi connectivity index (χ2v) is 7.19. The van der Waals surface area contributed by atoms with Crippen LogP contribution >= 0.6 is 0 Å². The van der Waals surface area contributed by atoms with E-state index in [2.05, 4.69) is 26.1 Å². The lowest BCUT2D eigenvalue weighted by Crippen LogP contribution is -2.33. The number of nitrogens with two attached hydrogens (primary N) is 1. The van der Waals surface area contributed by atoms with E-state index < -0.39 is 12.0 Å². The summed E-state index contributed by atoms with van der Waals surface area (Å²) in [5.74, 6) is -0.281. The number of benzene rings is 2. The van der Waals surface area contributed by atoms with Crippen LogP contribution < -0.4 is 15.8 Å². The molecule has 2 aromatic rings. The SMILES string of the molecule is CC[C@@H](Oc1ccc(C(C)(C)C)cc1)C(=O)Nc1ccccc1C(N)=O. The molecule has 138 valence electrons. The fourth-order valence-electron chi connectivity index (χ4n) is 2.54. The molecule has 0 aromatic heterocycles. The van der Waals surface area contributed by atoms with Crippen LogP contribution in [0.5, 0.6) is 5.75 Å². The Morgan fingerprint density at radius 1 is 1.08 bits per heavy atom. The van der Waals surface area contributed by atoms with Crippen molar-refractivity contribution in [3.05, 3.63) is 59.7 Å². The van der Waals surface area contributed by atoms with Crippen LogP contribution in [-0.2, 0) is 10.2 Å². The molecule has 0 saturated carbocycles. The van der Waals surface area contributed by atoms with Gasteiger partial charge >= 0.3 is 0 Å². The van der Waals surface area contributed by atoms with E-state index in [-0.39, 0.29) is 16.9 Å². The van der Waals surface area contributed by atoms with Gasteiger partial charge in [0.2, 0.25) is 0 Å². The normalized spacial score (nSPS) is 12.3. The highest BCUT2D eigenvalue weighted by molar-refractivity contribution is 6.04. The molecule has 2 rings (SSSR count). The predicted molar refractivity (Wildman–Crippen MR) is 103 cm³/mol. The van der Waals surface area contributed by atoms with Gasteiger partial charge in [0.15, 0.2) is 6.10 Å². The summed E-state index contributed by atoms with van der Waals surface area (Å²) in [5, 5.41) is 2.73. The summed E-state index contributed by atoms with van der Waals surface area (Å²) in [6.07, 6.45) is -0.178. The number of hydrogen-bond donors (Lipinski definition) is 2. The van der Waals surface area contributed by atoms with Crippen LogP contribution in [-0.4, -0.2) is 17.9 Å². The minimum atomic E-state index is -0.670. The summed E-state index contributed by atoms with van der Waals surface area (Å²) in [6, 6.07) is 14.4. The fraction of sp³-hybridized carbons (Fsp3) is 0.333. The molecule has 3 N–H and O–H groups in total. The molecule has 2 amide bonds. The van der Waals surface area contributed by atoms with E-state index in [1.807, 2.05) is 31.2 Å². The van der Waals surface area contributed by atoms with Gasteiger partial charge in [-0.05, 0) is 41.7 Å². The standard InChI is InChI=1S/C21H26N2O3/c1-5-18(26-15-12-10-14(11-13-15)21(2,3)4)20(25)23-17-9-7-6-8-16(17)19(22)24/h6-13,18H,5H2,1-4H3,(H2,22,24)(H,23,25)/t18-/m1/s1. The maximum Gasteiger partial charge on any atom is 0.265 e. The average molecular weight is 354 g/mol. The van der Waals surface area contributed by atoms with Crippen LogP contribution in [0.2, 0.25) is 0 Å². The Bertz CT molecular complexity index is 777. The van der Waals surface area contributed by atoms with Crippen LogP contribution in [0, 0.1) is 0 Å². The topological polar surface area (TPSA) is 81.4 Å². The Hall–Kier alpha value is -2.82. The molecule has 0 radical (unpaired) electrons. The highest BCUT2D eigenvalue weighted by Crippen LogP contribution is 2.25. The fourth-order valence-corrected chi connectivity index (χ4v) is 2.54. The van der Waals surface area contributed by atoms with Crippen LogP contribution in [0.1, 0.15) is 50.0 Å². The van der Waals surface area contributed by atoms with Crippen molar-refractivity contribution in [2.75, 3.05) is 5.32 Å². The number of carbonyl (C=O) groups excluding carboxylic acids is 2. The number of hydrogen-bond acceptors (Lipinski definition) is 3. The highest BCUT2D eigenvalue weighted by Gasteiger charge is 2.21. The molecule has 0 aliphatic heterocycles. The Morgan fingerprint density at radius 2 is 1.69 bits per heavy atom. The molecule has 26 heavy (non-hydrogen) atoms. The minimum absolute atomic E-state index is 0.0541. The molecule has 0 bridgehead atoms. The first-order chi connectivity index (χ1) is 12.2. The second-order valence-electron chi connectivity index (χ2n) is 7.19. The first-order valence-electron chi connectivity index (χ1n) is 8.69. The molecular formula is C21H26N2O3. The molecule has 0 spiro atoms. The van der Waals surface area contributed by atoms with Gasteiger partial charge in [-0.1, -0.05) is 52.0 Å². The molecule has 0 fully saturated rings. The Labute approximate surface area is 154 Å². The lowest BCUT2D eigenvalue weighted by atomic mass is 9.87. The van der Waals surface area contributed by atoms with Crippen molar-refractivity contribution in [2.45, 2.75) is 45.6 Å². The number of anilines is 1. The third-order valence-electron chi connectivity index (χ3n) is 4.11. The second kappa shape index (κ2) is 8.04. The number of rotatable bonds is 6. The molecular weight excluding hydrogens is 328 g/mol. The molecule has 5 heteroatoms. The smallest absolute Gasteiger partial charge is 0.265 e. The number of primary amides is 1. The maximum atomic E-state index is 12.6. The van der Waals surface area contributed by atoms with E-state index in [1.165, 1.54) is 5.56 Å². The molecule has 2 aromatic carbocycles. The number of ether oxygens (including phenoxy) is 1. The summed E-state index contributed by atoms with van der Waals surface area (Å²) in [4.78, 5) is 24.0. The van der Waals surface area contributed by atoms with Gasteiger partial charge in [0.25, 0.3) is 11.8 Å². The Morgan fingerprint density at radius 3 is 2.23 bits per heavy atom. The van der Waals surface area contributed by atoms with Crippen LogP contribution in [0.3, 0.4) is 0 Å². The molecule has 1 atom stereocenters. The van der Waals surface area contributed by atoms with Gasteiger partial charge in [0, 0.05) is 0 Å². The van der Waals surface area contributed by atoms with Gasteiger partial charge in [-0.2, -0.15) is 0 Å². The number of nitrogens with one attached hydrogen (secondary N) is 1. The van der Waals surface area contributed by atoms with E-state index in [9.17, 15) is 9.59 Å². The molecule has 0 unspecified atom stereocenters. The number of carbonyl (C=O) groups is 2. The molecule has 0 aliphatic carbocycles. The van der Waals surface area contributed by atoms with Gasteiger partial charge in [-0.25, -0.2) is 0 Å². The van der Waals surface area contributed by atoms with Crippen molar-refractivity contribution in [1.82, 2.24) is 0 Å². The summed E-state index contributed by atoms with van der Waals surface area (Å²) < 4.78 is 5.84. The Balaban J connectivity index is 2.11. The first-order valence-corrected chi connectivity index (χ1v) is 8.69. The number of para-hydroxylation sites is 1. The lowest BCUT2D eigenvalue weighted by Gasteiger charge is -2.21. The zero-order chi connectivity index (χ0) is 19.3. The summed E-state index contributed by atoms with van der Waals surface area (Å²) >= 11 is 0. The maximum absolute atomic E-state index is 12.6. The van der Waals surface area contributed by atoms with Crippen LogP contribution in [0.15, 0.2) is 48.5 Å². The van der Waals surface area contributed by atoms with Gasteiger partial charge in [-0.3, -0.25) is 9.59 Å². The van der Waals surface area contributed by atoms with Crippen molar-refractivity contribution in [2.24, 2.45) is 5.73 Å². The van der Waals surface area contributed by atoms with Crippen molar-refractivity contribution < 1.29 is 14.3 Å². The van der Waals surface area contributed by atoms with Crippen molar-refractivity contribution in [3.63, 3.8) is 0 Å². The van der Waals surface area contributed by atoms with Gasteiger partial charge < -0.3 is 15.8 Å². The first kappa shape index (κ1) is 19.5. The van der Waals surface area contributed by atoms with E-state index in [4.69, 9.17) is 10.5 Å². The minimum Gasteiger partial charge on any atom is -0.481 e. The van der Waals surface area contributed by atoms with Gasteiger partial charge in [0.05, 0.1) is 11.3 Å². The van der Waals surface area contributed by atoms with E-state index >= 15 is 0 Å². The summed E-state index contributed by atoms with van der Waals surface area (Å²) in [5.41, 5.74) is 7.25. The largest absolute Gasteiger partial charge is 0.481 e. The zero-order valence-electron chi connectivity index (χ0n) is 15.7. The molecule has 0 aliphatic rings. The van der Waals surface area contributed by atoms with E-state index in [0.717, 1.165) is 0 Å². The van der Waals surface area contributed by atoms with Gasteiger partial charge in [0.1, 0.15) is 5.75 Å². The van der Waals surface area contributed by atoms with Crippen LogP contribution in [0.25, 0.3) is 0 Å². The quantitative estimate of drug-likeness (QED) is 0.826. The third-order valence-corrected chi connectivity index (χ3v) is 4.11. The van der Waals surface area contributed by atoms with E-state index in [1.54, 1.807) is 24.3 Å². The summed E-state index contributed by atoms with van der Waals surface area (Å²) in [6.45, 7) is 8.29. The number of amides is 2.